The Balaban J connectivity index is 1.41. The van der Waals surface area contributed by atoms with Crippen LogP contribution in [0.1, 0.15) is 10.5 Å². The third-order valence-corrected chi connectivity index (χ3v) is 4.96. The molecule has 0 aliphatic rings. The fourth-order valence-corrected chi connectivity index (χ4v) is 3.42. The van der Waals surface area contributed by atoms with Crippen LogP contribution in [0.2, 0.25) is 0 Å². The molecule has 0 saturated carbocycles. The molecule has 3 heterocycles. The SMILES string of the molecule is Nc1cncc(-c2ccc3[nH]nc(C(=O)Nc4ccc(-c5ccccc5)nc4)c3c2)c1. The molecule has 0 aliphatic heterocycles. The number of carbonyl (C=O) groups excluding carboxylic acids is 1. The quantitative estimate of drug-likeness (QED) is 0.406. The van der Waals surface area contributed by atoms with E-state index in [1.807, 2.05) is 66.7 Å². The number of nitrogens with one attached hydrogen (secondary N) is 2. The predicted molar refractivity (Wildman–Crippen MR) is 121 cm³/mol. The van der Waals surface area contributed by atoms with Crippen molar-refractivity contribution in [3.05, 3.63) is 91.0 Å². The minimum atomic E-state index is -0.316. The number of nitrogens with zero attached hydrogens (tertiary/aromatic N) is 3. The van der Waals surface area contributed by atoms with Crippen LogP contribution < -0.4 is 11.1 Å². The average molecular weight is 406 g/mol. The van der Waals surface area contributed by atoms with Crippen molar-refractivity contribution in [1.29, 1.82) is 0 Å². The maximum atomic E-state index is 12.9. The highest BCUT2D eigenvalue weighted by molar-refractivity contribution is 6.11. The molecule has 5 aromatic rings. The van der Waals surface area contributed by atoms with Crippen LogP contribution in [-0.4, -0.2) is 26.1 Å². The zero-order valence-corrected chi connectivity index (χ0v) is 16.4. The van der Waals surface area contributed by atoms with E-state index in [1.54, 1.807) is 18.6 Å². The zero-order chi connectivity index (χ0) is 21.2. The number of rotatable bonds is 4. The molecule has 1 amide bonds. The number of nitrogen functional groups attached to an aromatic ring is 1. The molecule has 0 radical (unpaired) electrons. The summed E-state index contributed by atoms with van der Waals surface area (Å²) >= 11 is 0. The number of pyridine rings is 2. The van der Waals surface area contributed by atoms with E-state index in [2.05, 4.69) is 25.5 Å². The predicted octanol–water partition coefficient (Wildman–Crippen LogP) is 4.52. The van der Waals surface area contributed by atoms with Crippen molar-refractivity contribution < 1.29 is 4.79 Å². The first kappa shape index (κ1) is 18.5. The second-order valence-electron chi connectivity index (χ2n) is 7.09. The van der Waals surface area contributed by atoms with Crippen molar-refractivity contribution in [2.75, 3.05) is 11.1 Å². The Kier molecular flexibility index (Phi) is 4.61. The van der Waals surface area contributed by atoms with Crippen molar-refractivity contribution in [1.82, 2.24) is 20.2 Å². The molecule has 3 aromatic heterocycles. The van der Waals surface area contributed by atoms with Crippen molar-refractivity contribution in [3.8, 4) is 22.4 Å². The minimum Gasteiger partial charge on any atom is -0.397 e. The molecule has 150 valence electrons. The van der Waals surface area contributed by atoms with Gasteiger partial charge in [0.05, 0.1) is 28.8 Å². The Morgan fingerprint density at radius 1 is 0.871 bits per heavy atom. The fourth-order valence-electron chi connectivity index (χ4n) is 3.42. The maximum Gasteiger partial charge on any atom is 0.276 e. The lowest BCUT2D eigenvalue weighted by atomic mass is 10.0. The van der Waals surface area contributed by atoms with Crippen LogP contribution in [0, 0.1) is 0 Å². The van der Waals surface area contributed by atoms with E-state index < -0.39 is 0 Å². The van der Waals surface area contributed by atoms with Crippen LogP contribution in [0.4, 0.5) is 11.4 Å². The molecule has 0 spiro atoms. The van der Waals surface area contributed by atoms with Crippen LogP contribution >= 0.6 is 0 Å². The van der Waals surface area contributed by atoms with Gasteiger partial charge in [-0.1, -0.05) is 36.4 Å². The lowest BCUT2D eigenvalue weighted by Gasteiger charge is -2.06. The number of aromatic amines is 1. The zero-order valence-electron chi connectivity index (χ0n) is 16.4. The monoisotopic (exact) mass is 406 g/mol. The van der Waals surface area contributed by atoms with Gasteiger partial charge in [-0.25, -0.2) is 0 Å². The lowest BCUT2D eigenvalue weighted by molar-refractivity contribution is 0.102. The standard InChI is InChI=1S/C24H18N6O/c25-18-10-17(12-26-13-18)16-6-8-22-20(11-16)23(30-29-22)24(31)28-19-7-9-21(27-14-19)15-4-2-1-3-5-15/h1-14H,25H2,(H,28,31)(H,29,30). The molecule has 0 fully saturated rings. The van der Waals surface area contributed by atoms with Crippen LogP contribution in [0.25, 0.3) is 33.3 Å². The summed E-state index contributed by atoms with van der Waals surface area (Å²) in [6.07, 6.45) is 4.96. The number of carbonyl (C=O) groups is 1. The molecular weight excluding hydrogens is 388 g/mol. The molecule has 5 rings (SSSR count). The number of aromatic nitrogens is 4. The molecule has 0 bridgehead atoms. The number of hydrogen-bond acceptors (Lipinski definition) is 5. The topological polar surface area (TPSA) is 110 Å². The minimum absolute atomic E-state index is 0.306. The summed E-state index contributed by atoms with van der Waals surface area (Å²) in [6, 6.07) is 21.1. The summed E-state index contributed by atoms with van der Waals surface area (Å²) in [5, 5.41) is 10.7. The molecular formula is C24H18N6O. The third kappa shape index (κ3) is 3.72. The van der Waals surface area contributed by atoms with Gasteiger partial charge >= 0.3 is 0 Å². The van der Waals surface area contributed by atoms with Gasteiger partial charge in [-0.15, -0.1) is 0 Å². The van der Waals surface area contributed by atoms with Gasteiger partial charge in [0.2, 0.25) is 0 Å². The second kappa shape index (κ2) is 7.72. The van der Waals surface area contributed by atoms with E-state index in [-0.39, 0.29) is 5.91 Å². The molecule has 7 nitrogen and oxygen atoms in total. The Bertz CT molecular complexity index is 1380. The summed E-state index contributed by atoms with van der Waals surface area (Å²) in [6.45, 7) is 0. The Labute approximate surface area is 178 Å². The fraction of sp³-hybridized carbons (Fsp3) is 0. The maximum absolute atomic E-state index is 12.9. The van der Waals surface area contributed by atoms with Gasteiger partial charge in [-0.05, 0) is 35.9 Å². The van der Waals surface area contributed by atoms with Crippen LogP contribution in [0.3, 0.4) is 0 Å². The Hall–Kier alpha value is -4.52. The highest BCUT2D eigenvalue weighted by Gasteiger charge is 2.15. The largest absolute Gasteiger partial charge is 0.397 e. The Morgan fingerprint density at radius 3 is 2.52 bits per heavy atom. The van der Waals surface area contributed by atoms with Crippen molar-refractivity contribution in [3.63, 3.8) is 0 Å². The molecule has 31 heavy (non-hydrogen) atoms. The van der Waals surface area contributed by atoms with Crippen LogP contribution in [0.15, 0.2) is 85.3 Å². The van der Waals surface area contributed by atoms with E-state index >= 15 is 0 Å². The summed E-state index contributed by atoms with van der Waals surface area (Å²) in [7, 11) is 0. The lowest BCUT2D eigenvalue weighted by Crippen LogP contribution is -2.13. The third-order valence-electron chi connectivity index (χ3n) is 4.96. The molecule has 0 saturated heterocycles. The summed E-state index contributed by atoms with van der Waals surface area (Å²) in [4.78, 5) is 21.5. The Morgan fingerprint density at radius 2 is 1.74 bits per heavy atom. The smallest absolute Gasteiger partial charge is 0.276 e. The van der Waals surface area contributed by atoms with Crippen molar-refractivity contribution in [2.45, 2.75) is 0 Å². The van der Waals surface area contributed by atoms with E-state index in [0.29, 0.717) is 22.5 Å². The van der Waals surface area contributed by atoms with E-state index in [1.165, 1.54) is 0 Å². The van der Waals surface area contributed by atoms with E-state index in [9.17, 15) is 4.79 Å². The highest BCUT2D eigenvalue weighted by Crippen LogP contribution is 2.26. The molecule has 7 heteroatoms. The number of H-pyrrole nitrogens is 1. The summed E-state index contributed by atoms with van der Waals surface area (Å²) in [5.41, 5.74) is 11.7. The number of hydrogen-bond donors (Lipinski definition) is 3. The van der Waals surface area contributed by atoms with Gasteiger partial charge in [-0.2, -0.15) is 5.10 Å². The van der Waals surface area contributed by atoms with Crippen molar-refractivity contribution >= 4 is 28.2 Å². The van der Waals surface area contributed by atoms with Gasteiger partial charge in [0.1, 0.15) is 0 Å². The van der Waals surface area contributed by atoms with Gasteiger partial charge in [0.25, 0.3) is 5.91 Å². The van der Waals surface area contributed by atoms with Gasteiger partial charge in [0.15, 0.2) is 5.69 Å². The first-order valence-electron chi connectivity index (χ1n) is 9.69. The first-order chi connectivity index (χ1) is 15.2. The van der Waals surface area contributed by atoms with Gasteiger partial charge in [-0.3, -0.25) is 19.9 Å². The molecule has 0 unspecified atom stereocenters. The normalized spacial score (nSPS) is 10.8. The molecule has 2 aromatic carbocycles. The molecule has 0 atom stereocenters. The van der Waals surface area contributed by atoms with Gasteiger partial charge in [0, 0.05) is 28.9 Å². The number of benzene rings is 2. The first-order valence-corrected chi connectivity index (χ1v) is 9.69. The number of anilines is 2. The average Bonchev–Trinajstić information content (AvgIpc) is 3.24. The van der Waals surface area contributed by atoms with Crippen LogP contribution in [0.5, 0.6) is 0 Å². The van der Waals surface area contributed by atoms with E-state index in [4.69, 9.17) is 5.73 Å². The molecule has 4 N–H and O–H groups in total. The van der Waals surface area contributed by atoms with E-state index in [0.717, 1.165) is 27.9 Å². The number of nitrogens with two attached hydrogens (primary N) is 1. The second-order valence-corrected chi connectivity index (χ2v) is 7.09. The summed E-state index contributed by atoms with van der Waals surface area (Å²) in [5.74, 6) is -0.316. The van der Waals surface area contributed by atoms with Crippen LogP contribution in [-0.2, 0) is 0 Å². The van der Waals surface area contributed by atoms with Gasteiger partial charge < -0.3 is 11.1 Å². The number of amides is 1. The summed E-state index contributed by atoms with van der Waals surface area (Å²) < 4.78 is 0. The highest BCUT2D eigenvalue weighted by atomic mass is 16.1. The molecule has 0 aliphatic carbocycles. The van der Waals surface area contributed by atoms with Crippen molar-refractivity contribution in [2.24, 2.45) is 0 Å². The number of fused-ring (bicyclic) bond motifs is 1.